The van der Waals surface area contributed by atoms with Crippen LogP contribution >= 0.6 is 14.3 Å². The summed E-state index contributed by atoms with van der Waals surface area (Å²) in [5, 5.41) is 5.29. The first-order chi connectivity index (χ1) is 21.6. The highest BCUT2D eigenvalue weighted by molar-refractivity contribution is 7.85. The molecule has 0 saturated heterocycles. The first-order valence-electron chi connectivity index (χ1n) is 15.2. The maximum Gasteiger partial charge on any atom is 0.171 e. The van der Waals surface area contributed by atoms with Crippen molar-refractivity contribution < 1.29 is 9.13 Å². The second-order valence-corrected chi connectivity index (χ2v) is 17.0. The lowest BCUT2D eigenvalue weighted by Gasteiger charge is -2.26. The summed E-state index contributed by atoms with van der Waals surface area (Å²) in [5.74, 6) is 0. The Bertz CT molecular complexity index is 1770. The second kappa shape index (κ2) is 12.0. The summed E-state index contributed by atoms with van der Waals surface area (Å²) < 4.78 is 30.8. The van der Waals surface area contributed by atoms with Gasteiger partial charge in [0.25, 0.3) is 0 Å². The Labute approximate surface area is 260 Å². The monoisotopic (exact) mass is 608 g/mol. The van der Waals surface area contributed by atoms with E-state index in [0.29, 0.717) is 0 Å². The molecule has 4 bridgehead atoms. The van der Waals surface area contributed by atoms with Crippen molar-refractivity contribution in [3.8, 4) is 0 Å². The van der Waals surface area contributed by atoms with Crippen molar-refractivity contribution in [3.63, 3.8) is 0 Å². The molecular weight excluding hydrogens is 574 g/mol. The second-order valence-electron chi connectivity index (χ2n) is 11.5. The molecule has 0 aromatic heterocycles. The lowest BCUT2D eigenvalue weighted by Crippen LogP contribution is -2.29. The summed E-state index contributed by atoms with van der Waals surface area (Å²) >= 11 is 0. The van der Waals surface area contributed by atoms with Crippen molar-refractivity contribution in [2.24, 2.45) is 0 Å². The maximum absolute atomic E-state index is 15.4. The lowest BCUT2D eigenvalue weighted by atomic mass is 9.96. The Hall–Kier alpha value is -4.22. The summed E-state index contributed by atoms with van der Waals surface area (Å²) in [6.45, 7) is 0. The molecule has 6 aromatic carbocycles. The van der Waals surface area contributed by atoms with Gasteiger partial charge in [0.2, 0.25) is 0 Å². The Balaban J connectivity index is 1.37. The normalized spacial score (nSPS) is 13.3. The van der Waals surface area contributed by atoms with Crippen LogP contribution in [-0.2, 0) is 34.8 Å². The van der Waals surface area contributed by atoms with Gasteiger partial charge in [-0.1, -0.05) is 146 Å². The van der Waals surface area contributed by atoms with Gasteiger partial charge >= 0.3 is 0 Å². The Morgan fingerprint density at radius 3 is 0.932 bits per heavy atom. The van der Waals surface area contributed by atoms with Gasteiger partial charge in [-0.2, -0.15) is 0 Å². The molecule has 0 saturated carbocycles. The summed E-state index contributed by atoms with van der Waals surface area (Å²) in [4.78, 5) is 0. The molecule has 4 heteroatoms. The zero-order valence-electron chi connectivity index (χ0n) is 24.6. The van der Waals surface area contributed by atoms with E-state index in [4.69, 9.17) is 0 Å². The molecular formula is C40H34O2P2. The highest BCUT2D eigenvalue weighted by Gasteiger charge is 2.34. The summed E-state index contributed by atoms with van der Waals surface area (Å²) in [6, 6.07) is 52.9. The fourth-order valence-corrected chi connectivity index (χ4v) is 12.5. The van der Waals surface area contributed by atoms with Crippen LogP contribution < -0.4 is 31.8 Å². The predicted octanol–water partition coefficient (Wildman–Crippen LogP) is 6.85. The highest BCUT2D eigenvalue weighted by Crippen LogP contribution is 2.45. The molecule has 4 aliphatic carbocycles. The van der Waals surface area contributed by atoms with Gasteiger partial charge in [-0.3, -0.25) is 0 Å². The minimum atomic E-state index is -3.13. The first-order valence-corrected chi connectivity index (χ1v) is 18.7. The predicted molar refractivity (Wildman–Crippen MR) is 186 cm³/mol. The van der Waals surface area contributed by atoms with Crippen LogP contribution in [0.2, 0.25) is 0 Å². The molecule has 6 aromatic rings. The van der Waals surface area contributed by atoms with Crippen molar-refractivity contribution in [2.45, 2.75) is 25.7 Å². The molecule has 0 aliphatic heterocycles. The molecule has 4 aliphatic rings. The largest absolute Gasteiger partial charge is 0.309 e. The number of aryl methyl sites for hydroxylation is 4. The topological polar surface area (TPSA) is 34.1 Å². The number of benzene rings is 6. The lowest BCUT2D eigenvalue weighted by molar-refractivity contribution is 0.591. The van der Waals surface area contributed by atoms with Crippen LogP contribution in [0.25, 0.3) is 0 Å². The zero-order chi connectivity index (χ0) is 30.0. The van der Waals surface area contributed by atoms with Crippen LogP contribution in [0.4, 0.5) is 0 Å². The molecule has 44 heavy (non-hydrogen) atoms. The standard InChI is InChI=1S/C40H34O2P2/c41-43(35-13-5-1-6-14-35,36-15-7-2-8-16-36)39-29-31-21-25-33(39)27-23-32-22-26-34(28-24-31)40(30-32)44(42,37-17-9-3-10-18-37)38-19-11-4-12-20-38/h1-22,25-26,29-30H,23-24,27-28H2. The molecule has 0 heterocycles. The molecule has 0 fully saturated rings. The van der Waals surface area contributed by atoms with Crippen molar-refractivity contribution in [3.05, 3.63) is 180 Å². The van der Waals surface area contributed by atoms with E-state index in [-0.39, 0.29) is 0 Å². The zero-order valence-corrected chi connectivity index (χ0v) is 26.3. The number of rotatable bonds is 6. The Morgan fingerprint density at radius 2 is 0.636 bits per heavy atom. The van der Waals surface area contributed by atoms with Gasteiger partial charge in [0.05, 0.1) is 0 Å². The summed E-state index contributed by atoms with van der Waals surface area (Å²) in [5.41, 5.74) is 4.48. The van der Waals surface area contributed by atoms with Crippen molar-refractivity contribution in [1.82, 2.24) is 0 Å². The van der Waals surface area contributed by atoms with Gasteiger partial charge in [0.15, 0.2) is 14.3 Å². The molecule has 0 unspecified atom stereocenters. The van der Waals surface area contributed by atoms with E-state index >= 15 is 9.13 Å². The van der Waals surface area contributed by atoms with E-state index in [1.54, 1.807) is 0 Å². The molecule has 0 radical (unpaired) electrons. The van der Waals surface area contributed by atoms with Crippen molar-refractivity contribution in [2.75, 3.05) is 0 Å². The fourth-order valence-electron chi connectivity index (χ4n) is 6.50. The van der Waals surface area contributed by atoms with Gasteiger partial charge in [-0.15, -0.1) is 0 Å². The van der Waals surface area contributed by atoms with Crippen LogP contribution in [0, 0.1) is 0 Å². The van der Waals surface area contributed by atoms with Crippen molar-refractivity contribution >= 4 is 46.1 Å². The fraction of sp³-hybridized carbons (Fsp3) is 0.100. The third-order valence-electron chi connectivity index (χ3n) is 8.82. The van der Waals surface area contributed by atoms with Gasteiger partial charge in [-0.25, -0.2) is 0 Å². The van der Waals surface area contributed by atoms with Gasteiger partial charge in [0, 0.05) is 31.8 Å². The average Bonchev–Trinajstić information content (AvgIpc) is 3.10. The number of hydrogen-bond acceptors (Lipinski definition) is 2. The summed E-state index contributed by atoms with van der Waals surface area (Å²) in [6.07, 6.45) is 2.98. The van der Waals surface area contributed by atoms with E-state index in [1.165, 1.54) is 0 Å². The first kappa shape index (κ1) is 28.5. The van der Waals surface area contributed by atoms with Crippen LogP contribution in [0.15, 0.2) is 158 Å². The third-order valence-corrected chi connectivity index (χ3v) is 15.1. The quantitative estimate of drug-likeness (QED) is 0.194. The van der Waals surface area contributed by atoms with Gasteiger partial charge < -0.3 is 9.13 Å². The van der Waals surface area contributed by atoms with E-state index in [9.17, 15) is 0 Å². The van der Waals surface area contributed by atoms with Crippen LogP contribution in [0.1, 0.15) is 22.3 Å². The van der Waals surface area contributed by atoms with Crippen molar-refractivity contribution in [1.29, 1.82) is 0 Å². The Kier molecular flexibility index (Phi) is 7.82. The molecule has 0 atom stereocenters. The van der Waals surface area contributed by atoms with E-state index in [1.807, 2.05) is 121 Å². The Morgan fingerprint density at radius 1 is 0.341 bits per heavy atom. The van der Waals surface area contributed by atoms with Gasteiger partial charge in [0.1, 0.15) is 0 Å². The van der Waals surface area contributed by atoms with E-state index in [2.05, 4.69) is 36.4 Å². The van der Waals surface area contributed by atoms with Gasteiger partial charge in [-0.05, 0) is 60.1 Å². The highest BCUT2D eigenvalue weighted by atomic mass is 31.2. The van der Waals surface area contributed by atoms with Crippen LogP contribution in [0.3, 0.4) is 0 Å². The molecule has 0 spiro atoms. The third kappa shape index (κ3) is 5.13. The summed E-state index contributed by atoms with van der Waals surface area (Å²) in [7, 11) is -6.25. The molecule has 2 nitrogen and oxygen atoms in total. The van der Waals surface area contributed by atoms with E-state index in [0.717, 1.165) is 79.8 Å². The molecule has 0 amide bonds. The van der Waals surface area contributed by atoms with E-state index < -0.39 is 14.3 Å². The SMILES string of the molecule is O=P(c1ccccc1)(c1ccccc1)c1cc2ccc1CCc1ccc(c(P(=O)(c3ccccc3)c3ccccc3)c1)CC2. The maximum atomic E-state index is 15.4. The smallest absolute Gasteiger partial charge is 0.171 e. The molecule has 216 valence electrons. The minimum absolute atomic E-state index is 0.735. The minimum Gasteiger partial charge on any atom is -0.309 e. The number of hydrogen-bond donors (Lipinski definition) is 0. The average molecular weight is 609 g/mol. The van der Waals surface area contributed by atoms with Crippen LogP contribution in [-0.4, -0.2) is 0 Å². The molecule has 10 rings (SSSR count). The molecule has 0 N–H and O–H groups in total. The van der Waals surface area contributed by atoms with Crippen LogP contribution in [0.5, 0.6) is 0 Å².